The Morgan fingerprint density at radius 2 is 2.11 bits per heavy atom. The normalized spacial score (nSPS) is 13.9. The molecule has 18 heavy (non-hydrogen) atoms. The zero-order valence-corrected chi connectivity index (χ0v) is 11.5. The van der Waals surface area contributed by atoms with E-state index in [0.29, 0.717) is 0 Å². The van der Waals surface area contributed by atoms with Gasteiger partial charge >= 0.3 is 5.97 Å². The van der Waals surface area contributed by atoms with Crippen LogP contribution in [0.5, 0.6) is 0 Å². The van der Waals surface area contributed by atoms with Gasteiger partial charge in [-0.25, -0.2) is 0 Å². The van der Waals surface area contributed by atoms with Crippen LogP contribution in [0.2, 0.25) is 0 Å². The number of carboxylic acids is 1. The van der Waals surface area contributed by atoms with E-state index in [1.807, 2.05) is 24.4 Å². The minimum Gasteiger partial charge on any atom is -0.481 e. The van der Waals surface area contributed by atoms with E-state index in [0.717, 1.165) is 6.42 Å². The summed E-state index contributed by atoms with van der Waals surface area (Å²) in [6.07, 6.45) is 1.12. The number of nitrogens with one attached hydrogen (secondary N) is 1. The Kier molecular flexibility index (Phi) is 5.85. The van der Waals surface area contributed by atoms with Crippen LogP contribution in [0.15, 0.2) is 17.5 Å². The number of rotatable bonds is 7. The van der Waals surface area contributed by atoms with Crippen LogP contribution in [0.3, 0.4) is 0 Å². The molecule has 1 aromatic rings. The van der Waals surface area contributed by atoms with Gasteiger partial charge in [0, 0.05) is 30.2 Å². The van der Waals surface area contributed by atoms with E-state index >= 15 is 0 Å². The molecule has 0 radical (unpaired) electrons. The fourth-order valence-corrected chi connectivity index (χ4v) is 2.64. The smallest absolute Gasteiger partial charge is 0.303 e. The second-order valence-electron chi connectivity index (χ2n) is 4.66. The molecule has 2 N–H and O–H groups in total. The summed E-state index contributed by atoms with van der Waals surface area (Å²) in [5, 5.41) is 13.5. The highest BCUT2D eigenvalue weighted by Crippen LogP contribution is 2.12. The highest BCUT2D eigenvalue weighted by molar-refractivity contribution is 7.09. The van der Waals surface area contributed by atoms with Gasteiger partial charge in [-0.2, -0.15) is 0 Å². The Balaban J connectivity index is 2.29. The van der Waals surface area contributed by atoms with Crippen LogP contribution in [0.4, 0.5) is 0 Å². The Hall–Kier alpha value is -1.36. The summed E-state index contributed by atoms with van der Waals surface area (Å²) in [4.78, 5) is 23.4. The summed E-state index contributed by atoms with van der Waals surface area (Å²) in [5.74, 6) is -1.06. The predicted octanol–water partition coefficient (Wildman–Crippen LogP) is 2.30. The minimum absolute atomic E-state index is 0.0344. The Morgan fingerprint density at radius 1 is 1.39 bits per heavy atom. The number of hydrogen-bond donors (Lipinski definition) is 2. The van der Waals surface area contributed by atoms with Crippen LogP contribution in [0.1, 0.15) is 31.6 Å². The maximum absolute atomic E-state index is 11.7. The molecule has 5 heteroatoms. The molecule has 0 spiro atoms. The van der Waals surface area contributed by atoms with Crippen LogP contribution in [0.25, 0.3) is 0 Å². The summed E-state index contributed by atoms with van der Waals surface area (Å²) >= 11 is 1.67. The van der Waals surface area contributed by atoms with Crippen molar-refractivity contribution in [3.05, 3.63) is 22.4 Å². The topological polar surface area (TPSA) is 66.4 Å². The third-order valence-electron chi connectivity index (χ3n) is 2.55. The summed E-state index contributed by atoms with van der Waals surface area (Å²) in [5.41, 5.74) is 0. The van der Waals surface area contributed by atoms with E-state index in [1.54, 1.807) is 18.3 Å². The second kappa shape index (κ2) is 7.16. The molecular formula is C13H19NO3S. The first-order valence-electron chi connectivity index (χ1n) is 6.01. The lowest BCUT2D eigenvalue weighted by molar-refractivity contribution is -0.138. The SMILES string of the molecule is CC(CC(=O)O)CC(=O)NC(C)Cc1cccs1. The fourth-order valence-electron chi connectivity index (χ4n) is 1.80. The van der Waals surface area contributed by atoms with Crippen LogP contribution in [-0.2, 0) is 16.0 Å². The van der Waals surface area contributed by atoms with Crippen molar-refractivity contribution >= 4 is 23.2 Å². The van der Waals surface area contributed by atoms with E-state index in [4.69, 9.17) is 5.11 Å². The van der Waals surface area contributed by atoms with E-state index < -0.39 is 5.97 Å². The molecule has 0 aliphatic heterocycles. The Labute approximate surface area is 111 Å². The first-order chi connectivity index (χ1) is 8.47. The molecule has 1 rings (SSSR count). The third-order valence-corrected chi connectivity index (χ3v) is 3.45. The van der Waals surface area contributed by atoms with Crippen molar-refractivity contribution in [1.29, 1.82) is 0 Å². The molecule has 1 heterocycles. The number of carbonyl (C=O) groups excluding carboxylic acids is 1. The molecule has 100 valence electrons. The van der Waals surface area contributed by atoms with Crippen LogP contribution >= 0.6 is 11.3 Å². The molecule has 1 amide bonds. The van der Waals surface area contributed by atoms with Gasteiger partial charge in [-0.3, -0.25) is 9.59 Å². The number of thiophene rings is 1. The van der Waals surface area contributed by atoms with Crippen molar-refractivity contribution in [2.75, 3.05) is 0 Å². The predicted molar refractivity (Wildman–Crippen MR) is 71.7 cm³/mol. The zero-order valence-electron chi connectivity index (χ0n) is 10.7. The number of carboxylic acid groups (broad SMARTS) is 1. The van der Waals surface area contributed by atoms with Crippen LogP contribution in [-0.4, -0.2) is 23.0 Å². The maximum atomic E-state index is 11.7. The minimum atomic E-state index is -0.859. The van der Waals surface area contributed by atoms with E-state index in [-0.39, 0.29) is 30.7 Å². The van der Waals surface area contributed by atoms with Crippen molar-refractivity contribution in [3.63, 3.8) is 0 Å². The third kappa shape index (κ3) is 5.82. The molecule has 0 aliphatic carbocycles. The van der Waals surface area contributed by atoms with Gasteiger partial charge in [0.05, 0.1) is 0 Å². The monoisotopic (exact) mass is 269 g/mol. The van der Waals surface area contributed by atoms with Gasteiger partial charge in [0.15, 0.2) is 0 Å². The standard InChI is InChI=1S/C13H19NO3S/c1-9(7-13(16)17)6-12(15)14-10(2)8-11-4-3-5-18-11/h3-5,9-10H,6-8H2,1-2H3,(H,14,15)(H,16,17). The van der Waals surface area contributed by atoms with Crippen molar-refractivity contribution in [2.45, 2.75) is 39.2 Å². The summed E-state index contributed by atoms with van der Waals surface area (Å²) in [6, 6.07) is 4.11. The lowest BCUT2D eigenvalue weighted by Crippen LogP contribution is -2.34. The number of aliphatic carboxylic acids is 1. The molecular weight excluding hydrogens is 250 g/mol. The van der Waals surface area contributed by atoms with E-state index in [9.17, 15) is 9.59 Å². The van der Waals surface area contributed by atoms with Crippen molar-refractivity contribution in [2.24, 2.45) is 5.92 Å². The van der Waals surface area contributed by atoms with Gasteiger partial charge in [-0.1, -0.05) is 13.0 Å². The van der Waals surface area contributed by atoms with Crippen LogP contribution < -0.4 is 5.32 Å². The average Bonchev–Trinajstić information content (AvgIpc) is 2.67. The number of carbonyl (C=O) groups is 2. The number of amides is 1. The molecule has 0 fully saturated rings. The molecule has 0 saturated carbocycles. The molecule has 2 unspecified atom stereocenters. The van der Waals surface area contributed by atoms with Gasteiger partial charge in [0.25, 0.3) is 0 Å². The van der Waals surface area contributed by atoms with Gasteiger partial charge in [0.2, 0.25) is 5.91 Å². The lowest BCUT2D eigenvalue weighted by atomic mass is 10.0. The molecule has 0 aliphatic rings. The summed E-state index contributed by atoms with van der Waals surface area (Å²) in [6.45, 7) is 3.73. The Morgan fingerprint density at radius 3 is 2.67 bits per heavy atom. The Bertz CT molecular complexity index is 389. The molecule has 0 aromatic carbocycles. The second-order valence-corrected chi connectivity index (χ2v) is 5.69. The zero-order chi connectivity index (χ0) is 13.5. The van der Waals surface area contributed by atoms with Gasteiger partial charge in [-0.15, -0.1) is 11.3 Å². The first kappa shape index (κ1) is 14.7. The highest BCUT2D eigenvalue weighted by Gasteiger charge is 2.14. The van der Waals surface area contributed by atoms with Crippen molar-refractivity contribution in [1.82, 2.24) is 5.32 Å². The largest absolute Gasteiger partial charge is 0.481 e. The fraction of sp³-hybridized carbons (Fsp3) is 0.538. The summed E-state index contributed by atoms with van der Waals surface area (Å²) in [7, 11) is 0. The lowest BCUT2D eigenvalue weighted by Gasteiger charge is -2.14. The molecule has 2 atom stereocenters. The van der Waals surface area contributed by atoms with Gasteiger partial charge in [0.1, 0.15) is 0 Å². The quantitative estimate of drug-likeness (QED) is 0.798. The number of hydrogen-bond acceptors (Lipinski definition) is 3. The first-order valence-corrected chi connectivity index (χ1v) is 6.89. The van der Waals surface area contributed by atoms with E-state index in [1.165, 1.54) is 4.88 Å². The molecule has 1 aromatic heterocycles. The molecule has 0 saturated heterocycles. The maximum Gasteiger partial charge on any atom is 0.303 e. The highest BCUT2D eigenvalue weighted by atomic mass is 32.1. The average molecular weight is 269 g/mol. The molecule has 4 nitrogen and oxygen atoms in total. The molecule has 0 bridgehead atoms. The van der Waals surface area contributed by atoms with Crippen LogP contribution in [0, 0.1) is 5.92 Å². The van der Waals surface area contributed by atoms with E-state index in [2.05, 4.69) is 5.32 Å². The van der Waals surface area contributed by atoms with Gasteiger partial charge < -0.3 is 10.4 Å². The summed E-state index contributed by atoms with van der Waals surface area (Å²) < 4.78 is 0. The van der Waals surface area contributed by atoms with Crippen molar-refractivity contribution in [3.8, 4) is 0 Å². The van der Waals surface area contributed by atoms with Gasteiger partial charge in [-0.05, 0) is 24.3 Å². The van der Waals surface area contributed by atoms with Crippen molar-refractivity contribution < 1.29 is 14.7 Å².